The average Bonchev–Trinajstić information content (AvgIpc) is 2.74. The van der Waals surface area contributed by atoms with Crippen molar-refractivity contribution in [2.45, 2.75) is 25.2 Å². The largest absolute Gasteiger partial charge is 0.506 e. The van der Waals surface area contributed by atoms with Crippen LogP contribution in [0.5, 0.6) is 11.5 Å². The molecule has 7 heteroatoms. The molecule has 0 aliphatic carbocycles. The van der Waals surface area contributed by atoms with Crippen LogP contribution in [0.15, 0.2) is 53.4 Å². The smallest absolute Gasteiger partial charge is 0.313 e. The Morgan fingerprint density at radius 2 is 1.81 bits per heavy atom. The van der Waals surface area contributed by atoms with Crippen molar-refractivity contribution in [1.82, 2.24) is 5.32 Å². The monoisotopic (exact) mass is 439 g/mol. The minimum absolute atomic E-state index is 0.112. The molecule has 1 amide bonds. The van der Waals surface area contributed by atoms with Crippen LogP contribution in [0.4, 0.5) is 0 Å². The summed E-state index contributed by atoms with van der Waals surface area (Å²) in [5.41, 5.74) is 2.37. The fourth-order valence-electron chi connectivity index (χ4n) is 3.27. The summed E-state index contributed by atoms with van der Waals surface area (Å²) in [6.45, 7) is 4.86. The molecule has 3 rings (SSSR count). The lowest BCUT2D eigenvalue weighted by atomic mass is 10.0. The normalized spacial score (nSPS) is 10.8. The number of rotatable bonds is 9. The fraction of sp³-hybridized carbons (Fsp3) is 0.250. The highest BCUT2D eigenvalue weighted by atomic mass is 32.2. The second-order valence-corrected chi connectivity index (χ2v) is 8.24. The number of aryl methyl sites for hydroxylation is 2. The van der Waals surface area contributed by atoms with E-state index < -0.39 is 11.9 Å². The molecule has 0 aliphatic rings. The molecule has 0 saturated carbocycles. The van der Waals surface area contributed by atoms with Gasteiger partial charge in [-0.1, -0.05) is 42.0 Å². The molecule has 0 unspecified atom stereocenters. The molecule has 0 aliphatic heterocycles. The number of benzene rings is 3. The molecule has 0 atom stereocenters. The Bertz CT molecular complexity index is 1110. The van der Waals surface area contributed by atoms with Gasteiger partial charge in [-0.3, -0.25) is 9.59 Å². The highest BCUT2D eigenvalue weighted by Crippen LogP contribution is 2.36. The Morgan fingerprint density at radius 3 is 2.52 bits per heavy atom. The summed E-state index contributed by atoms with van der Waals surface area (Å²) >= 11 is 1.12. The molecular formula is C24H25NO5S. The Balaban J connectivity index is 1.64. The van der Waals surface area contributed by atoms with E-state index in [1.165, 1.54) is 5.56 Å². The van der Waals surface area contributed by atoms with Gasteiger partial charge in [0.15, 0.2) is 0 Å². The van der Waals surface area contributed by atoms with Crippen molar-refractivity contribution in [1.29, 1.82) is 0 Å². The average molecular weight is 440 g/mol. The third-order valence-corrected chi connectivity index (χ3v) is 5.81. The number of aliphatic carboxylic acids is 1. The van der Waals surface area contributed by atoms with Gasteiger partial charge in [0.05, 0.1) is 17.9 Å². The minimum atomic E-state index is -0.947. The Kier molecular flexibility index (Phi) is 7.41. The van der Waals surface area contributed by atoms with Crippen molar-refractivity contribution in [2.75, 3.05) is 18.9 Å². The number of carboxylic acids is 1. The number of phenolic OH excluding ortho intramolecular Hbond substituents is 1. The molecule has 0 fully saturated rings. The molecule has 31 heavy (non-hydrogen) atoms. The van der Waals surface area contributed by atoms with E-state index in [0.29, 0.717) is 35.2 Å². The maximum Gasteiger partial charge on any atom is 0.313 e. The lowest BCUT2D eigenvalue weighted by molar-refractivity contribution is -0.133. The van der Waals surface area contributed by atoms with Crippen molar-refractivity contribution < 1.29 is 24.5 Å². The fourth-order valence-corrected chi connectivity index (χ4v) is 4.09. The van der Waals surface area contributed by atoms with E-state index >= 15 is 0 Å². The van der Waals surface area contributed by atoms with E-state index in [1.54, 1.807) is 24.3 Å². The lowest BCUT2D eigenvalue weighted by Gasteiger charge is -2.13. The first kappa shape index (κ1) is 22.5. The van der Waals surface area contributed by atoms with E-state index in [9.17, 15) is 14.7 Å². The summed E-state index contributed by atoms with van der Waals surface area (Å²) in [7, 11) is 0. The lowest BCUT2D eigenvalue weighted by Crippen LogP contribution is -2.25. The molecular weight excluding hydrogens is 414 g/mol. The zero-order valence-electron chi connectivity index (χ0n) is 17.5. The van der Waals surface area contributed by atoms with Crippen LogP contribution in [-0.2, 0) is 4.79 Å². The summed E-state index contributed by atoms with van der Waals surface area (Å²) in [6, 6.07) is 14.6. The van der Waals surface area contributed by atoms with E-state index in [2.05, 4.69) is 11.4 Å². The van der Waals surface area contributed by atoms with Gasteiger partial charge in [-0.15, -0.1) is 11.8 Å². The topological polar surface area (TPSA) is 95.9 Å². The number of thioether (sulfide) groups is 1. The summed E-state index contributed by atoms with van der Waals surface area (Å²) in [6.07, 6.45) is 0.605. The molecule has 3 aromatic rings. The number of aromatic hydroxyl groups is 1. The number of nitrogens with one attached hydrogen (secondary N) is 1. The van der Waals surface area contributed by atoms with Gasteiger partial charge in [-0.2, -0.15) is 0 Å². The summed E-state index contributed by atoms with van der Waals surface area (Å²) in [5, 5.41) is 23.6. The van der Waals surface area contributed by atoms with Gasteiger partial charge >= 0.3 is 5.97 Å². The molecule has 0 radical (unpaired) electrons. The first-order valence-electron chi connectivity index (χ1n) is 9.94. The number of carboxylic acid groups (broad SMARTS) is 1. The van der Waals surface area contributed by atoms with Crippen molar-refractivity contribution in [3.05, 3.63) is 65.2 Å². The summed E-state index contributed by atoms with van der Waals surface area (Å²) < 4.78 is 5.77. The molecule has 3 aromatic carbocycles. The van der Waals surface area contributed by atoms with Crippen LogP contribution in [0.1, 0.15) is 27.9 Å². The molecule has 6 nitrogen and oxygen atoms in total. The van der Waals surface area contributed by atoms with Crippen LogP contribution in [-0.4, -0.2) is 41.0 Å². The Morgan fingerprint density at radius 1 is 1.06 bits per heavy atom. The van der Waals surface area contributed by atoms with Crippen molar-refractivity contribution in [3.8, 4) is 11.5 Å². The van der Waals surface area contributed by atoms with Crippen LogP contribution in [0, 0.1) is 13.8 Å². The third-order valence-electron chi connectivity index (χ3n) is 4.77. The summed E-state index contributed by atoms with van der Waals surface area (Å²) in [4.78, 5) is 24.3. The Labute approximate surface area is 185 Å². The van der Waals surface area contributed by atoms with Crippen LogP contribution >= 0.6 is 11.8 Å². The van der Waals surface area contributed by atoms with Crippen molar-refractivity contribution in [3.63, 3.8) is 0 Å². The molecule has 162 valence electrons. The minimum Gasteiger partial charge on any atom is -0.506 e. The van der Waals surface area contributed by atoms with Gasteiger partial charge < -0.3 is 20.3 Å². The molecule has 0 heterocycles. The summed E-state index contributed by atoms with van der Waals surface area (Å²) in [5.74, 6) is -0.779. The second kappa shape index (κ2) is 10.2. The highest BCUT2D eigenvalue weighted by molar-refractivity contribution is 8.00. The van der Waals surface area contributed by atoms with E-state index in [1.807, 2.05) is 32.0 Å². The predicted octanol–water partition coefficient (Wildman–Crippen LogP) is 4.54. The van der Waals surface area contributed by atoms with Gasteiger partial charge in [-0.05, 0) is 43.4 Å². The van der Waals surface area contributed by atoms with Crippen molar-refractivity contribution in [2.24, 2.45) is 0 Å². The van der Waals surface area contributed by atoms with E-state index in [0.717, 1.165) is 23.1 Å². The van der Waals surface area contributed by atoms with Gasteiger partial charge in [-0.25, -0.2) is 0 Å². The number of fused-ring (bicyclic) bond motifs is 1. The number of ether oxygens (including phenoxy) is 1. The molecule has 0 spiro atoms. The molecule has 0 saturated heterocycles. The maximum absolute atomic E-state index is 12.7. The van der Waals surface area contributed by atoms with Gasteiger partial charge in [0.1, 0.15) is 11.5 Å². The van der Waals surface area contributed by atoms with E-state index in [4.69, 9.17) is 9.84 Å². The third kappa shape index (κ3) is 5.70. The van der Waals surface area contributed by atoms with Gasteiger partial charge in [0.2, 0.25) is 0 Å². The number of carbonyl (C=O) groups is 2. The first-order valence-corrected chi connectivity index (χ1v) is 10.9. The van der Waals surface area contributed by atoms with Crippen LogP contribution in [0.25, 0.3) is 10.8 Å². The highest BCUT2D eigenvalue weighted by Gasteiger charge is 2.17. The Hall–Kier alpha value is -3.19. The van der Waals surface area contributed by atoms with E-state index in [-0.39, 0.29) is 17.1 Å². The molecule has 0 bridgehead atoms. The predicted molar refractivity (Wildman–Crippen MR) is 122 cm³/mol. The number of hydrogen-bond acceptors (Lipinski definition) is 5. The van der Waals surface area contributed by atoms with Crippen LogP contribution in [0.3, 0.4) is 0 Å². The number of hydrogen-bond donors (Lipinski definition) is 3. The van der Waals surface area contributed by atoms with Gasteiger partial charge in [0, 0.05) is 16.8 Å². The standard InChI is InChI=1S/C24H25NO5S/c1-15-8-9-20(16(2)12-15)30-11-5-10-25-24(29)19-13-21(31-14-22(26)27)17-6-3-4-7-18(17)23(19)28/h3-4,6-9,12-13,28H,5,10-11,14H2,1-2H3,(H,25,29)(H,26,27). The first-order chi connectivity index (χ1) is 14.9. The molecule has 0 aromatic heterocycles. The van der Waals surface area contributed by atoms with Crippen molar-refractivity contribution >= 4 is 34.4 Å². The maximum atomic E-state index is 12.7. The SMILES string of the molecule is Cc1ccc(OCCCNC(=O)c2cc(SCC(=O)O)c3ccccc3c2O)c(C)c1. The number of phenols is 1. The second-order valence-electron chi connectivity index (χ2n) is 7.23. The van der Waals surface area contributed by atoms with Crippen LogP contribution < -0.4 is 10.1 Å². The number of carbonyl (C=O) groups excluding carboxylic acids is 1. The molecule has 3 N–H and O–H groups in total. The zero-order valence-corrected chi connectivity index (χ0v) is 18.3. The quantitative estimate of drug-likeness (QED) is 0.335. The number of amides is 1. The zero-order chi connectivity index (χ0) is 22.4. The van der Waals surface area contributed by atoms with Gasteiger partial charge in [0.25, 0.3) is 5.91 Å². The van der Waals surface area contributed by atoms with Crippen LogP contribution in [0.2, 0.25) is 0 Å².